The number of nitrogens with zero attached hydrogens (tertiary/aromatic N) is 1. The summed E-state index contributed by atoms with van der Waals surface area (Å²) in [6.45, 7) is 3.57. The number of hydrogen-bond acceptors (Lipinski definition) is 3. The third-order valence-electron chi connectivity index (χ3n) is 2.54. The monoisotopic (exact) mass is 202 g/mol. The van der Waals surface area contributed by atoms with Crippen molar-refractivity contribution in [1.29, 1.82) is 0 Å². The van der Waals surface area contributed by atoms with Gasteiger partial charge in [0, 0.05) is 5.56 Å². The van der Waals surface area contributed by atoms with Crippen LogP contribution in [0, 0.1) is 13.8 Å². The predicted molar refractivity (Wildman–Crippen MR) is 57.2 cm³/mol. The van der Waals surface area contributed by atoms with Crippen molar-refractivity contribution >= 4 is 17.3 Å². The maximum absolute atomic E-state index is 11.5. The van der Waals surface area contributed by atoms with Crippen molar-refractivity contribution in [3.63, 3.8) is 0 Å². The number of carbonyl (C=O) groups excluding carboxylic acids is 1. The van der Waals surface area contributed by atoms with E-state index in [9.17, 15) is 9.59 Å². The summed E-state index contributed by atoms with van der Waals surface area (Å²) in [5.41, 5.74) is 3.05. The fourth-order valence-corrected chi connectivity index (χ4v) is 1.49. The summed E-state index contributed by atoms with van der Waals surface area (Å²) in [5, 5.41) is 0. The summed E-state index contributed by atoms with van der Waals surface area (Å²) in [6.07, 6.45) is 0.694. The number of aromatic nitrogens is 2. The molecule has 4 nitrogen and oxygen atoms in total. The van der Waals surface area contributed by atoms with Crippen molar-refractivity contribution in [3.8, 4) is 0 Å². The molecule has 2 rings (SSSR count). The number of H-pyrrole nitrogens is 1. The Morgan fingerprint density at radius 3 is 2.67 bits per heavy atom. The fourth-order valence-electron chi connectivity index (χ4n) is 1.49. The summed E-state index contributed by atoms with van der Waals surface area (Å²) in [6, 6.07) is 3.28. The third kappa shape index (κ3) is 1.44. The molecule has 0 saturated carbocycles. The fraction of sp³-hybridized carbons (Fsp3) is 0.182. The first-order valence-electron chi connectivity index (χ1n) is 4.59. The molecule has 0 spiro atoms. The molecule has 0 amide bonds. The standard InChI is InChI=1S/C11H10N2O2/c1-6-7(2)11(15)13-9-4-3-8(5-14)12-10(6)9/h3-5H,1-2H3,(H,13,15). The number of rotatable bonds is 1. The van der Waals surface area contributed by atoms with E-state index in [1.54, 1.807) is 19.1 Å². The van der Waals surface area contributed by atoms with Gasteiger partial charge in [-0.3, -0.25) is 9.59 Å². The first-order chi connectivity index (χ1) is 7.13. The van der Waals surface area contributed by atoms with Crippen LogP contribution in [-0.4, -0.2) is 16.3 Å². The van der Waals surface area contributed by atoms with Crippen molar-refractivity contribution in [2.75, 3.05) is 0 Å². The summed E-state index contributed by atoms with van der Waals surface area (Å²) >= 11 is 0. The highest BCUT2D eigenvalue weighted by atomic mass is 16.1. The van der Waals surface area contributed by atoms with Gasteiger partial charge >= 0.3 is 0 Å². The van der Waals surface area contributed by atoms with Crippen LogP contribution in [0.1, 0.15) is 21.6 Å². The largest absolute Gasteiger partial charge is 0.320 e. The highest BCUT2D eigenvalue weighted by Gasteiger charge is 2.06. The second-order valence-corrected chi connectivity index (χ2v) is 3.45. The quantitative estimate of drug-likeness (QED) is 0.710. The van der Waals surface area contributed by atoms with Gasteiger partial charge in [-0.25, -0.2) is 4.98 Å². The molecule has 0 aromatic carbocycles. The van der Waals surface area contributed by atoms with Crippen molar-refractivity contribution in [3.05, 3.63) is 39.3 Å². The first-order valence-corrected chi connectivity index (χ1v) is 4.59. The highest BCUT2D eigenvalue weighted by Crippen LogP contribution is 2.14. The molecular weight excluding hydrogens is 192 g/mol. The van der Waals surface area contributed by atoms with Gasteiger partial charge in [-0.15, -0.1) is 0 Å². The Bertz CT molecular complexity index is 599. The van der Waals surface area contributed by atoms with Crippen LogP contribution < -0.4 is 5.56 Å². The highest BCUT2D eigenvalue weighted by molar-refractivity contribution is 5.83. The van der Waals surface area contributed by atoms with Crippen LogP contribution >= 0.6 is 0 Å². The maximum Gasteiger partial charge on any atom is 0.251 e. The molecule has 0 aliphatic heterocycles. The van der Waals surface area contributed by atoms with Crippen LogP contribution in [0.15, 0.2) is 16.9 Å². The van der Waals surface area contributed by atoms with Crippen molar-refractivity contribution in [2.45, 2.75) is 13.8 Å². The number of hydrogen-bond donors (Lipinski definition) is 1. The number of aromatic amines is 1. The smallest absolute Gasteiger partial charge is 0.251 e. The van der Waals surface area contributed by atoms with Crippen LogP contribution in [0.4, 0.5) is 0 Å². The number of carbonyl (C=O) groups is 1. The minimum atomic E-state index is -0.111. The van der Waals surface area contributed by atoms with Crippen LogP contribution in [0.3, 0.4) is 0 Å². The van der Waals surface area contributed by atoms with E-state index in [0.29, 0.717) is 28.6 Å². The summed E-state index contributed by atoms with van der Waals surface area (Å²) in [4.78, 5) is 28.9. The molecular formula is C11H10N2O2. The Labute approximate surface area is 86.0 Å². The van der Waals surface area contributed by atoms with Crippen molar-refractivity contribution in [2.24, 2.45) is 0 Å². The predicted octanol–water partition coefficient (Wildman–Crippen LogP) is 1.35. The summed E-state index contributed by atoms with van der Waals surface area (Å²) in [5.74, 6) is 0. The Morgan fingerprint density at radius 1 is 1.27 bits per heavy atom. The number of aldehydes is 1. The Morgan fingerprint density at radius 2 is 2.00 bits per heavy atom. The lowest BCUT2D eigenvalue weighted by molar-refractivity contribution is 0.111. The van der Waals surface area contributed by atoms with Gasteiger partial charge in [0.25, 0.3) is 5.56 Å². The summed E-state index contributed by atoms with van der Waals surface area (Å²) in [7, 11) is 0. The van der Waals surface area contributed by atoms with Gasteiger partial charge < -0.3 is 4.98 Å². The molecule has 0 unspecified atom stereocenters. The molecule has 0 aliphatic carbocycles. The lowest BCUT2D eigenvalue weighted by Crippen LogP contribution is -2.12. The van der Waals surface area contributed by atoms with Gasteiger partial charge in [-0.05, 0) is 31.5 Å². The molecule has 0 fully saturated rings. The lowest BCUT2D eigenvalue weighted by Gasteiger charge is -2.04. The molecule has 0 atom stereocenters. The average molecular weight is 202 g/mol. The molecule has 1 N–H and O–H groups in total. The third-order valence-corrected chi connectivity index (χ3v) is 2.54. The van der Waals surface area contributed by atoms with Gasteiger partial charge in [0.2, 0.25) is 0 Å². The lowest BCUT2D eigenvalue weighted by atomic mass is 10.1. The van der Waals surface area contributed by atoms with Crippen molar-refractivity contribution < 1.29 is 4.79 Å². The Hall–Kier alpha value is -1.97. The second-order valence-electron chi connectivity index (χ2n) is 3.45. The van der Waals surface area contributed by atoms with Crippen molar-refractivity contribution in [1.82, 2.24) is 9.97 Å². The van der Waals surface area contributed by atoms with Gasteiger partial charge in [0.1, 0.15) is 5.69 Å². The number of pyridine rings is 2. The zero-order chi connectivity index (χ0) is 11.0. The molecule has 2 aromatic rings. The van der Waals surface area contributed by atoms with Crippen LogP contribution in [0.2, 0.25) is 0 Å². The first kappa shape index (κ1) is 9.58. The zero-order valence-corrected chi connectivity index (χ0v) is 8.50. The summed E-state index contributed by atoms with van der Waals surface area (Å²) < 4.78 is 0. The molecule has 2 aromatic heterocycles. The van der Waals surface area contributed by atoms with Gasteiger partial charge in [0.15, 0.2) is 6.29 Å². The van der Waals surface area contributed by atoms with E-state index in [0.717, 1.165) is 5.56 Å². The minimum Gasteiger partial charge on any atom is -0.320 e. The SMILES string of the molecule is Cc1c(C)c2nc(C=O)ccc2[nH]c1=O. The van der Waals surface area contributed by atoms with E-state index in [1.807, 2.05) is 6.92 Å². The zero-order valence-electron chi connectivity index (χ0n) is 8.50. The minimum absolute atomic E-state index is 0.111. The molecule has 2 heterocycles. The molecule has 0 aliphatic rings. The number of nitrogens with one attached hydrogen (secondary N) is 1. The molecule has 0 radical (unpaired) electrons. The molecule has 76 valence electrons. The van der Waals surface area contributed by atoms with E-state index < -0.39 is 0 Å². The van der Waals surface area contributed by atoms with E-state index in [2.05, 4.69) is 9.97 Å². The molecule has 4 heteroatoms. The van der Waals surface area contributed by atoms with Gasteiger partial charge in [-0.2, -0.15) is 0 Å². The number of fused-ring (bicyclic) bond motifs is 1. The van der Waals surface area contributed by atoms with E-state index in [-0.39, 0.29) is 5.56 Å². The van der Waals surface area contributed by atoms with Crippen LogP contribution in [-0.2, 0) is 0 Å². The number of aryl methyl sites for hydroxylation is 1. The van der Waals surface area contributed by atoms with Crippen LogP contribution in [0.25, 0.3) is 11.0 Å². The Kier molecular flexibility index (Phi) is 2.11. The Balaban J connectivity index is 2.93. The normalized spacial score (nSPS) is 10.5. The van der Waals surface area contributed by atoms with Crippen LogP contribution in [0.5, 0.6) is 0 Å². The van der Waals surface area contributed by atoms with Gasteiger partial charge in [0.05, 0.1) is 11.0 Å². The molecule has 0 saturated heterocycles. The maximum atomic E-state index is 11.5. The topological polar surface area (TPSA) is 62.8 Å². The van der Waals surface area contributed by atoms with E-state index in [4.69, 9.17) is 0 Å². The average Bonchev–Trinajstić information content (AvgIpc) is 2.26. The van der Waals surface area contributed by atoms with E-state index in [1.165, 1.54) is 0 Å². The second kappa shape index (κ2) is 3.31. The van der Waals surface area contributed by atoms with Gasteiger partial charge in [-0.1, -0.05) is 0 Å². The molecule has 0 bridgehead atoms. The molecule has 15 heavy (non-hydrogen) atoms. The van der Waals surface area contributed by atoms with E-state index >= 15 is 0 Å².